The number of nitrogens with two attached hydrogens (primary N) is 1. The van der Waals surface area contributed by atoms with E-state index in [9.17, 15) is 4.79 Å². The predicted molar refractivity (Wildman–Crippen MR) is 87.4 cm³/mol. The van der Waals surface area contributed by atoms with Gasteiger partial charge in [0.15, 0.2) is 0 Å². The van der Waals surface area contributed by atoms with Gasteiger partial charge in [0.2, 0.25) is 5.91 Å². The number of primary amides is 1. The van der Waals surface area contributed by atoms with Crippen LogP contribution in [0.15, 0.2) is 53.1 Å². The summed E-state index contributed by atoms with van der Waals surface area (Å²) >= 11 is 0. The molecule has 2 aliphatic rings. The van der Waals surface area contributed by atoms with Crippen LogP contribution < -0.4 is 5.73 Å². The van der Waals surface area contributed by atoms with Crippen LogP contribution in [-0.2, 0) is 11.2 Å². The van der Waals surface area contributed by atoms with Crippen molar-refractivity contribution >= 4 is 17.6 Å². The number of hydrogen-bond acceptors (Lipinski definition) is 1. The Morgan fingerprint density at radius 1 is 1.29 bits per heavy atom. The average molecular weight is 277 g/mol. The van der Waals surface area contributed by atoms with Gasteiger partial charge < -0.3 is 5.73 Å². The van der Waals surface area contributed by atoms with Gasteiger partial charge in [0.1, 0.15) is 0 Å². The minimum absolute atomic E-state index is 0.364. The number of allylic oxidation sites excluding steroid dienone is 4. The van der Waals surface area contributed by atoms with Crippen LogP contribution in [0.2, 0.25) is 0 Å². The number of benzene rings is 1. The highest BCUT2D eigenvalue weighted by molar-refractivity contribution is 6.03. The van der Waals surface area contributed by atoms with E-state index in [1.807, 2.05) is 13.0 Å². The molecule has 1 aromatic carbocycles. The van der Waals surface area contributed by atoms with Crippen LogP contribution in [0, 0.1) is 0 Å². The molecular weight excluding hydrogens is 258 g/mol. The first-order chi connectivity index (χ1) is 9.99. The molecule has 1 aromatic rings. The molecule has 0 heterocycles. The van der Waals surface area contributed by atoms with Crippen LogP contribution in [0.5, 0.6) is 0 Å². The number of amides is 1. The second-order valence-corrected chi connectivity index (χ2v) is 5.84. The van der Waals surface area contributed by atoms with Crippen LogP contribution in [0.25, 0.3) is 11.6 Å². The van der Waals surface area contributed by atoms with Crippen molar-refractivity contribution in [3.05, 3.63) is 69.8 Å². The maximum atomic E-state index is 11.6. The Balaban J connectivity index is 2.23. The van der Waals surface area contributed by atoms with Crippen LogP contribution in [-0.4, -0.2) is 5.91 Å². The lowest BCUT2D eigenvalue weighted by Crippen LogP contribution is -2.18. The van der Waals surface area contributed by atoms with E-state index in [2.05, 4.69) is 37.8 Å². The van der Waals surface area contributed by atoms with Crippen molar-refractivity contribution in [2.24, 2.45) is 5.73 Å². The van der Waals surface area contributed by atoms with Gasteiger partial charge in [-0.15, -0.1) is 0 Å². The molecule has 2 N–H and O–H groups in total. The molecule has 21 heavy (non-hydrogen) atoms. The number of carbonyl (C=O) groups excluding carboxylic acids is 1. The second kappa shape index (κ2) is 4.88. The van der Waals surface area contributed by atoms with Gasteiger partial charge in [-0.2, -0.15) is 0 Å². The Morgan fingerprint density at radius 3 is 2.76 bits per heavy atom. The van der Waals surface area contributed by atoms with E-state index in [0.29, 0.717) is 12.0 Å². The molecule has 0 spiro atoms. The van der Waals surface area contributed by atoms with Gasteiger partial charge in [-0.25, -0.2) is 0 Å². The third-order valence-electron chi connectivity index (χ3n) is 4.28. The van der Waals surface area contributed by atoms with Crippen molar-refractivity contribution in [3.8, 4) is 0 Å². The highest BCUT2D eigenvalue weighted by Crippen LogP contribution is 2.40. The summed E-state index contributed by atoms with van der Waals surface area (Å²) in [7, 11) is 0. The van der Waals surface area contributed by atoms with Crippen LogP contribution >= 0.6 is 0 Å². The first-order valence-electron chi connectivity index (χ1n) is 7.18. The molecule has 0 bridgehead atoms. The third kappa shape index (κ3) is 2.17. The van der Waals surface area contributed by atoms with Crippen LogP contribution in [0.3, 0.4) is 0 Å². The van der Waals surface area contributed by atoms with Gasteiger partial charge in [0.05, 0.1) is 0 Å². The summed E-state index contributed by atoms with van der Waals surface area (Å²) in [4.78, 5) is 11.6. The van der Waals surface area contributed by atoms with Crippen LogP contribution in [0.4, 0.5) is 0 Å². The van der Waals surface area contributed by atoms with Crippen molar-refractivity contribution in [1.82, 2.24) is 0 Å². The highest BCUT2D eigenvalue weighted by atomic mass is 16.1. The maximum absolute atomic E-state index is 11.6. The summed E-state index contributed by atoms with van der Waals surface area (Å²) in [5.74, 6) is -0.364. The summed E-state index contributed by atoms with van der Waals surface area (Å²) in [6.07, 6.45) is 5.80. The van der Waals surface area contributed by atoms with E-state index in [1.165, 1.54) is 22.3 Å². The smallest absolute Gasteiger partial charge is 0.248 e. The lowest BCUT2D eigenvalue weighted by molar-refractivity contribution is -0.114. The Hall–Kier alpha value is -2.35. The number of carbonyl (C=O) groups is 1. The van der Waals surface area contributed by atoms with Crippen molar-refractivity contribution < 1.29 is 4.79 Å². The zero-order valence-electron chi connectivity index (χ0n) is 12.5. The minimum Gasteiger partial charge on any atom is -0.366 e. The molecule has 0 saturated carbocycles. The molecule has 2 heteroatoms. The Morgan fingerprint density at radius 2 is 2.05 bits per heavy atom. The number of hydrogen-bond donors (Lipinski definition) is 1. The van der Waals surface area contributed by atoms with Gasteiger partial charge in [-0.1, -0.05) is 42.5 Å². The Bertz CT molecular complexity index is 760. The van der Waals surface area contributed by atoms with E-state index < -0.39 is 0 Å². The van der Waals surface area contributed by atoms with Gasteiger partial charge in [0, 0.05) is 5.57 Å². The molecule has 2 nitrogen and oxygen atoms in total. The Kier molecular flexibility index (Phi) is 3.17. The van der Waals surface area contributed by atoms with Gasteiger partial charge in [0.25, 0.3) is 0 Å². The molecule has 106 valence electrons. The molecule has 2 aliphatic carbocycles. The minimum atomic E-state index is -0.364. The van der Waals surface area contributed by atoms with Gasteiger partial charge in [-0.3, -0.25) is 4.79 Å². The molecule has 0 unspecified atom stereocenters. The third-order valence-corrected chi connectivity index (χ3v) is 4.28. The fourth-order valence-electron chi connectivity index (χ4n) is 3.31. The summed E-state index contributed by atoms with van der Waals surface area (Å²) in [5, 5.41) is 0. The van der Waals surface area contributed by atoms with E-state index >= 15 is 0 Å². The quantitative estimate of drug-likeness (QED) is 0.878. The van der Waals surface area contributed by atoms with Gasteiger partial charge in [-0.05, 0) is 60.1 Å². The normalized spacial score (nSPS) is 17.5. The molecule has 0 atom stereocenters. The molecule has 1 amide bonds. The SMILES string of the molecule is C=C1CC=C(C(N)=O)C(C)=C1c1cccc2c1C=C(C)C2. The molecule has 0 radical (unpaired) electrons. The first kappa shape index (κ1) is 13.6. The molecule has 3 rings (SSSR count). The van der Waals surface area contributed by atoms with E-state index in [1.54, 1.807) is 0 Å². The van der Waals surface area contributed by atoms with Gasteiger partial charge >= 0.3 is 0 Å². The largest absolute Gasteiger partial charge is 0.366 e. The lowest BCUT2D eigenvalue weighted by Gasteiger charge is -2.22. The van der Waals surface area contributed by atoms with E-state index in [4.69, 9.17) is 5.73 Å². The zero-order chi connectivity index (χ0) is 15.1. The molecule has 0 saturated heterocycles. The molecule has 0 aromatic heterocycles. The molecular formula is C19H19NO. The van der Waals surface area contributed by atoms with Crippen molar-refractivity contribution in [2.75, 3.05) is 0 Å². The number of rotatable bonds is 2. The summed E-state index contributed by atoms with van der Waals surface area (Å²) in [6, 6.07) is 6.36. The monoisotopic (exact) mass is 277 g/mol. The van der Waals surface area contributed by atoms with Crippen LogP contribution in [0.1, 0.15) is 37.0 Å². The summed E-state index contributed by atoms with van der Waals surface area (Å²) in [6.45, 7) is 8.29. The molecule has 0 fully saturated rings. The summed E-state index contributed by atoms with van der Waals surface area (Å²) < 4.78 is 0. The van der Waals surface area contributed by atoms with Crippen molar-refractivity contribution in [1.29, 1.82) is 0 Å². The number of fused-ring (bicyclic) bond motifs is 1. The fourth-order valence-corrected chi connectivity index (χ4v) is 3.31. The second-order valence-electron chi connectivity index (χ2n) is 5.84. The first-order valence-corrected chi connectivity index (χ1v) is 7.18. The van der Waals surface area contributed by atoms with E-state index in [-0.39, 0.29) is 5.91 Å². The maximum Gasteiger partial charge on any atom is 0.248 e. The molecule has 0 aliphatic heterocycles. The summed E-state index contributed by atoms with van der Waals surface area (Å²) in [5.41, 5.74) is 14.3. The topological polar surface area (TPSA) is 43.1 Å². The van der Waals surface area contributed by atoms with Crippen molar-refractivity contribution in [3.63, 3.8) is 0 Å². The van der Waals surface area contributed by atoms with E-state index in [0.717, 1.165) is 23.1 Å². The zero-order valence-corrected chi connectivity index (χ0v) is 12.5. The van der Waals surface area contributed by atoms with Crippen molar-refractivity contribution in [2.45, 2.75) is 26.7 Å². The fraction of sp³-hybridized carbons (Fsp3) is 0.211. The lowest BCUT2D eigenvalue weighted by atomic mass is 9.82. The standard InChI is InChI=1S/C19H19NO/c1-11-9-14-5-4-6-16(17(14)10-11)18-12(2)7-8-15(13(18)3)19(20)21/h4-6,8,10H,2,7,9H2,1,3H3,(H2,20,21). The Labute approximate surface area is 125 Å². The predicted octanol–water partition coefficient (Wildman–Crippen LogP) is 3.79. The highest BCUT2D eigenvalue weighted by Gasteiger charge is 2.23. The average Bonchev–Trinajstić information content (AvgIpc) is 2.79.